The molecule has 3 fully saturated rings. The molecule has 5 nitrogen and oxygen atoms in total. The number of hydrogen-bond donors (Lipinski definition) is 0. The van der Waals surface area contributed by atoms with Crippen LogP contribution in [0, 0.1) is 11.3 Å². The van der Waals surface area contributed by atoms with Gasteiger partial charge in [-0.2, -0.15) is 8.42 Å². The molecule has 0 N–H and O–H groups in total. The van der Waals surface area contributed by atoms with Gasteiger partial charge in [-0.25, -0.2) is 0 Å². The third-order valence-electron chi connectivity index (χ3n) is 5.21. The molecule has 2 aliphatic carbocycles. The van der Waals surface area contributed by atoms with Crippen molar-refractivity contribution in [3.63, 3.8) is 0 Å². The Bertz CT molecular complexity index is 454. The molecule has 1 heterocycles. The fourth-order valence-corrected chi connectivity index (χ4v) is 4.85. The first-order valence-corrected chi connectivity index (χ1v) is 9.41. The zero-order chi connectivity index (χ0) is 14.3. The SMILES string of the molecule is CS(=O)(=O)OCC12CCCCC(CCC1)C21OCCO1. The molecular weight excluding hydrogens is 280 g/mol. The molecule has 2 atom stereocenters. The van der Waals surface area contributed by atoms with Gasteiger partial charge in [-0.05, 0) is 25.7 Å². The predicted molar refractivity (Wildman–Crippen MR) is 73.7 cm³/mol. The lowest BCUT2D eigenvalue weighted by atomic mass is 9.63. The molecule has 1 spiro atoms. The predicted octanol–water partition coefficient (Wildman–Crippen LogP) is 2.07. The molecule has 0 aromatic heterocycles. The lowest BCUT2D eigenvalue weighted by Gasteiger charge is -2.52. The van der Waals surface area contributed by atoms with Gasteiger partial charge in [-0.1, -0.05) is 19.3 Å². The van der Waals surface area contributed by atoms with Crippen LogP contribution in [-0.2, 0) is 23.8 Å². The summed E-state index contributed by atoms with van der Waals surface area (Å²) in [6.07, 6.45) is 8.56. The van der Waals surface area contributed by atoms with E-state index < -0.39 is 15.9 Å². The number of ether oxygens (including phenoxy) is 2. The molecule has 2 bridgehead atoms. The van der Waals surface area contributed by atoms with Crippen LogP contribution in [0.25, 0.3) is 0 Å². The van der Waals surface area contributed by atoms with Gasteiger partial charge in [0.25, 0.3) is 10.1 Å². The summed E-state index contributed by atoms with van der Waals surface area (Å²) in [6.45, 7) is 1.41. The maximum atomic E-state index is 11.4. The standard InChI is InChI=1S/C14H24O5S/c1-20(15,16)19-11-13-7-3-2-5-12(6-4-8-13)14(13)17-9-10-18-14/h12H,2-11H2,1H3. The van der Waals surface area contributed by atoms with Crippen LogP contribution in [0.4, 0.5) is 0 Å². The third-order valence-corrected chi connectivity index (χ3v) is 5.75. The van der Waals surface area contributed by atoms with Crippen molar-refractivity contribution >= 4 is 10.1 Å². The van der Waals surface area contributed by atoms with Gasteiger partial charge in [-0.3, -0.25) is 4.18 Å². The highest BCUT2D eigenvalue weighted by Gasteiger charge is 2.62. The fourth-order valence-electron chi connectivity index (χ4n) is 4.41. The number of hydrogen-bond acceptors (Lipinski definition) is 5. The van der Waals surface area contributed by atoms with Crippen molar-refractivity contribution in [2.75, 3.05) is 26.1 Å². The van der Waals surface area contributed by atoms with Crippen LogP contribution in [0.1, 0.15) is 44.9 Å². The maximum absolute atomic E-state index is 11.4. The van der Waals surface area contributed by atoms with Crippen molar-refractivity contribution in [1.29, 1.82) is 0 Å². The first-order chi connectivity index (χ1) is 9.48. The minimum Gasteiger partial charge on any atom is -0.347 e. The zero-order valence-corrected chi connectivity index (χ0v) is 12.9. The molecule has 3 rings (SSSR count). The normalized spacial score (nSPS) is 37.0. The smallest absolute Gasteiger partial charge is 0.264 e. The van der Waals surface area contributed by atoms with Crippen molar-refractivity contribution < 1.29 is 22.1 Å². The average Bonchev–Trinajstić information content (AvgIpc) is 2.83. The monoisotopic (exact) mass is 304 g/mol. The van der Waals surface area contributed by atoms with Crippen LogP contribution in [0.5, 0.6) is 0 Å². The molecule has 3 aliphatic rings. The first-order valence-electron chi connectivity index (χ1n) is 7.60. The van der Waals surface area contributed by atoms with Crippen LogP contribution in [-0.4, -0.2) is 40.3 Å². The zero-order valence-electron chi connectivity index (χ0n) is 12.1. The van der Waals surface area contributed by atoms with E-state index in [1.165, 1.54) is 6.42 Å². The van der Waals surface area contributed by atoms with Gasteiger partial charge in [0.05, 0.1) is 26.1 Å². The molecule has 20 heavy (non-hydrogen) atoms. The van der Waals surface area contributed by atoms with Crippen molar-refractivity contribution in [2.45, 2.75) is 50.7 Å². The molecule has 1 saturated heterocycles. The van der Waals surface area contributed by atoms with E-state index in [1.54, 1.807) is 0 Å². The second-order valence-electron chi connectivity index (χ2n) is 6.45. The Labute approximate surface area is 121 Å². The Morgan fingerprint density at radius 1 is 1.10 bits per heavy atom. The highest BCUT2D eigenvalue weighted by Crippen LogP contribution is 2.58. The summed E-state index contributed by atoms with van der Waals surface area (Å²) in [5.41, 5.74) is -0.300. The summed E-state index contributed by atoms with van der Waals surface area (Å²) in [7, 11) is -3.43. The van der Waals surface area contributed by atoms with Gasteiger partial charge in [-0.15, -0.1) is 0 Å². The lowest BCUT2D eigenvalue weighted by molar-refractivity contribution is -0.291. The lowest BCUT2D eigenvalue weighted by Crippen LogP contribution is -2.58. The summed E-state index contributed by atoms with van der Waals surface area (Å²) < 4.78 is 40.2. The molecule has 0 aromatic carbocycles. The van der Waals surface area contributed by atoms with Gasteiger partial charge >= 0.3 is 0 Å². The van der Waals surface area contributed by atoms with Crippen LogP contribution >= 0.6 is 0 Å². The first kappa shape index (κ1) is 14.8. The summed E-state index contributed by atoms with van der Waals surface area (Å²) >= 11 is 0. The molecule has 0 amide bonds. The molecule has 0 radical (unpaired) electrons. The molecule has 0 aromatic rings. The van der Waals surface area contributed by atoms with Crippen LogP contribution in [0.3, 0.4) is 0 Å². The maximum Gasteiger partial charge on any atom is 0.264 e. The highest BCUT2D eigenvalue weighted by molar-refractivity contribution is 7.85. The van der Waals surface area contributed by atoms with Crippen LogP contribution in [0.15, 0.2) is 0 Å². The topological polar surface area (TPSA) is 61.8 Å². The van der Waals surface area contributed by atoms with E-state index in [0.29, 0.717) is 19.1 Å². The van der Waals surface area contributed by atoms with Crippen molar-refractivity contribution in [2.24, 2.45) is 11.3 Å². The van der Waals surface area contributed by atoms with Crippen molar-refractivity contribution in [3.05, 3.63) is 0 Å². The molecule has 116 valence electrons. The summed E-state index contributed by atoms with van der Waals surface area (Å²) in [5, 5.41) is 0. The summed E-state index contributed by atoms with van der Waals surface area (Å²) in [6, 6.07) is 0. The van der Waals surface area contributed by atoms with E-state index in [4.69, 9.17) is 13.7 Å². The van der Waals surface area contributed by atoms with E-state index in [-0.39, 0.29) is 12.0 Å². The second kappa shape index (κ2) is 5.23. The van der Waals surface area contributed by atoms with Crippen molar-refractivity contribution in [3.8, 4) is 0 Å². The van der Waals surface area contributed by atoms with E-state index in [9.17, 15) is 8.42 Å². The summed E-state index contributed by atoms with van der Waals surface area (Å²) in [4.78, 5) is 0. The molecular formula is C14H24O5S. The quantitative estimate of drug-likeness (QED) is 0.747. The third kappa shape index (κ3) is 2.40. The average molecular weight is 304 g/mol. The number of rotatable bonds is 3. The largest absolute Gasteiger partial charge is 0.347 e. The Kier molecular flexibility index (Phi) is 3.86. The van der Waals surface area contributed by atoms with Crippen LogP contribution in [0.2, 0.25) is 0 Å². The Hall–Kier alpha value is -0.170. The molecule has 6 heteroatoms. The van der Waals surface area contributed by atoms with Gasteiger partial charge in [0, 0.05) is 11.3 Å². The Morgan fingerprint density at radius 3 is 2.45 bits per heavy atom. The molecule has 2 saturated carbocycles. The van der Waals surface area contributed by atoms with Gasteiger partial charge in [0.2, 0.25) is 0 Å². The summed E-state index contributed by atoms with van der Waals surface area (Å²) in [5.74, 6) is -0.226. The Morgan fingerprint density at radius 2 is 1.75 bits per heavy atom. The second-order valence-corrected chi connectivity index (χ2v) is 8.09. The van der Waals surface area contributed by atoms with Gasteiger partial charge in [0.1, 0.15) is 0 Å². The van der Waals surface area contributed by atoms with E-state index in [2.05, 4.69) is 0 Å². The Balaban J connectivity index is 1.93. The van der Waals surface area contributed by atoms with E-state index >= 15 is 0 Å². The molecule has 2 unspecified atom stereocenters. The van der Waals surface area contributed by atoms with Crippen molar-refractivity contribution in [1.82, 2.24) is 0 Å². The minimum absolute atomic E-state index is 0.197. The van der Waals surface area contributed by atoms with E-state index in [1.807, 2.05) is 0 Å². The minimum atomic E-state index is -3.43. The van der Waals surface area contributed by atoms with Gasteiger partial charge in [0.15, 0.2) is 5.79 Å². The highest BCUT2D eigenvalue weighted by atomic mass is 32.2. The van der Waals surface area contributed by atoms with Gasteiger partial charge < -0.3 is 9.47 Å². The fraction of sp³-hybridized carbons (Fsp3) is 1.00. The molecule has 1 aliphatic heterocycles. The van der Waals surface area contributed by atoms with E-state index in [0.717, 1.165) is 44.8 Å². The van der Waals surface area contributed by atoms with Crippen LogP contribution < -0.4 is 0 Å².